The van der Waals surface area contributed by atoms with Gasteiger partial charge in [-0.15, -0.1) is 0 Å². The van der Waals surface area contributed by atoms with Crippen molar-refractivity contribution in [2.75, 3.05) is 20.1 Å². The number of carboxylic acids is 1. The van der Waals surface area contributed by atoms with E-state index in [9.17, 15) is 24.0 Å². The van der Waals surface area contributed by atoms with Crippen LogP contribution in [0.5, 0.6) is 0 Å². The molecule has 13 heteroatoms. The van der Waals surface area contributed by atoms with Crippen LogP contribution in [-0.4, -0.2) is 72.9 Å². The number of nitrogens with one attached hydrogen (secondary N) is 4. The van der Waals surface area contributed by atoms with Crippen molar-refractivity contribution in [3.63, 3.8) is 0 Å². The highest BCUT2D eigenvalue weighted by molar-refractivity contribution is 5.93. The lowest BCUT2D eigenvalue weighted by atomic mass is 10.1. The first-order valence-electron chi connectivity index (χ1n) is 8.39. The van der Waals surface area contributed by atoms with Crippen molar-refractivity contribution in [3.8, 4) is 0 Å². The molecular formula is C15H27N7O6. The van der Waals surface area contributed by atoms with E-state index in [1.807, 2.05) is 0 Å². The molecule has 4 amide bonds. The Bertz CT molecular complexity index is 618. The molecule has 0 saturated carbocycles. The number of amides is 4. The first kappa shape index (κ1) is 24.6. The number of hydrogen-bond donors (Lipinski definition) is 7. The van der Waals surface area contributed by atoms with Gasteiger partial charge < -0.3 is 37.8 Å². The van der Waals surface area contributed by atoms with E-state index in [0.29, 0.717) is 6.42 Å². The third-order valence-electron chi connectivity index (χ3n) is 3.34. The molecule has 0 bridgehead atoms. The molecule has 9 N–H and O–H groups in total. The fraction of sp³-hybridized carbons (Fsp3) is 0.600. The topological polar surface area (TPSA) is 218 Å². The van der Waals surface area contributed by atoms with Gasteiger partial charge in [0, 0.05) is 20.5 Å². The molecule has 0 aromatic rings. The largest absolute Gasteiger partial charge is 0.481 e. The summed E-state index contributed by atoms with van der Waals surface area (Å²) >= 11 is 0. The van der Waals surface area contributed by atoms with Gasteiger partial charge in [-0.05, 0) is 12.8 Å². The van der Waals surface area contributed by atoms with Crippen molar-refractivity contribution in [2.45, 2.75) is 38.3 Å². The van der Waals surface area contributed by atoms with Gasteiger partial charge in [0.05, 0.1) is 13.0 Å². The number of carbonyl (C=O) groups excluding carboxylic acids is 4. The SMILES string of the molecule is CNC(=O)C(CC(=O)O)NC(=O)CNC(=O)C(CCCN=C(N)N)NC(C)=O. The standard InChI is InChI=1S/C15H27N7O6/c1-8(23)21-9(4-3-5-19-15(16)17)14(28)20-7-11(24)22-10(6-12(25)26)13(27)18-2/h9-10H,3-7H2,1-2H3,(H,18,27)(H,20,28)(H,21,23)(H,22,24)(H,25,26)(H4,16,17,19). The van der Waals surface area contributed by atoms with Gasteiger partial charge in [0.2, 0.25) is 23.6 Å². The molecule has 0 saturated heterocycles. The highest BCUT2D eigenvalue weighted by Gasteiger charge is 2.24. The van der Waals surface area contributed by atoms with Crippen LogP contribution in [0.3, 0.4) is 0 Å². The van der Waals surface area contributed by atoms with E-state index in [0.717, 1.165) is 0 Å². The summed E-state index contributed by atoms with van der Waals surface area (Å²) in [5.41, 5.74) is 10.4. The predicted molar refractivity (Wildman–Crippen MR) is 98.8 cm³/mol. The Balaban J connectivity index is 4.68. The van der Waals surface area contributed by atoms with Crippen LogP contribution in [0.4, 0.5) is 0 Å². The number of guanidine groups is 1. The van der Waals surface area contributed by atoms with E-state index in [1.54, 1.807) is 0 Å². The van der Waals surface area contributed by atoms with E-state index in [4.69, 9.17) is 16.6 Å². The molecule has 0 aliphatic heterocycles. The van der Waals surface area contributed by atoms with Gasteiger partial charge in [-0.25, -0.2) is 0 Å². The molecule has 28 heavy (non-hydrogen) atoms. The smallest absolute Gasteiger partial charge is 0.305 e. The van der Waals surface area contributed by atoms with Gasteiger partial charge in [-0.2, -0.15) is 0 Å². The zero-order valence-electron chi connectivity index (χ0n) is 15.8. The number of likely N-dealkylation sites (N-methyl/N-ethyl adjacent to an activating group) is 1. The molecule has 0 radical (unpaired) electrons. The van der Waals surface area contributed by atoms with Crippen molar-refractivity contribution >= 4 is 35.6 Å². The van der Waals surface area contributed by atoms with Gasteiger partial charge in [-0.1, -0.05) is 0 Å². The Morgan fingerprint density at radius 1 is 1.04 bits per heavy atom. The van der Waals surface area contributed by atoms with Crippen LogP contribution in [0, 0.1) is 0 Å². The molecule has 0 aliphatic rings. The zero-order valence-corrected chi connectivity index (χ0v) is 15.8. The highest BCUT2D eigenvalue weighted by atomic mass is 16.4. The van der Waals surface area contributed by atoms with Crippen molar-refractivity contribution in [1.82, 2.24) is 21.3 Å². The van der Waals surface area contributed by atoms with Gasteiger partial charge in [0.1, 0.15) is 12.1 Å². The molecule has 13 nitrogen and oxygen atoms in total. The quantitative estimate of drug-likeness (QED) is 0.0980. The summed E-state index contributed by atoms with van der Waals surface area (Å²) in [6.07, 6.45) is 0.0161. The summed E-state index contributed by atoms with van der Waals surface area (Å²) in [5.74, 6) is -3.87. The molecule has 0 fully saturated rings. The summed E-state index contributed by atoms with van der Waals surface area (Å²) in [6, 6.07) is -2.19. The Kier molecular flexibility index (Phi) is 11.3. The Hall–Kier alpha value is -3.38. The minimum atomic E-state index is -1.28. The number of nitrogens with two attached hydrogens (primary N) is 2. The van der Waals surface area contributed by atoms with Crippen LogP contribution in [-0.2, 0) is 24.0 Å². The lowest BCUT2D eigenvalue weighted by Crippen LogP contribution is -2.52. The summed E-state index contributed by atoms with van der Waals surface area (Å²) in [5, 5.41) is 18.0. The monoisotopic (exact) mass is 401 g/mol. The molecule has 0 rings (SSSR count). The number of carbonyl (C=O) groups is 5. The van der Waals surface area contributed by atoms with Crippen molar-refractivity contribution in [2.24, 2.45) is 16.5 Å². The second kappa shape index (κ2) is 12.9. The number of nitrogens with zero attached hydrogens (tertiary/aromatic N) is 1. The third-order valence-corrected chi connectivity index (χ3v) is 3.34. The summed E-state index contributed by atoms with van der Waals surface area (Å²) in [7, 11) is 1.30. The fourth-order valence-corrected chi connectivity index (χ4v) is 2.11. The first-order chi connectivity index (χ1) is 13.1. The molecular weight excluding hydrogens is 374 g/mol. The fourth-order valence-electron chi connectivity index (χ4n) is 2.11. The average molecular weight is 401 g/mol. The second-order valence-corrected chi connectivity index (χ2v) is 5.75. The number of aliphatic carboxylic acids is 1. The lowest BCUT2D eigenvalue weighted by Gasteiger charge is -2.18. The molecule has 2 unspecified atom stereocenters. The Morgan fingerprint density at radius 3 is 2.18 bits per heavy atom. The van der Waals surface area contributed by atoms with E-state index in [1.165, 1.54) is 14.0 Å². The maximum atomic E-state index is 12.2. The summed E-state index contributed by atoms with van der Waals surface area (Å²) in [6.45, 7) is 0.994. The van der Waals surface area contributed by atoms with Crippen molar-refractivity contribution in [1.29, 1.82) is 0 Å². The van der Waals surface area contributed by atoms with Crippen LogP contribution < -0.4 is 32.7 Å². The average Bonchev–Trinajstić information content (AvgIpc) is 2.60. The predicted octanol–water partition coefficient (Wildman–Crippen LogP) is -3.63. The zero-order chi connectivity index (χ0) is 21.7. The first-order valence-corrected chi connectivity index (χ1v) is 8.39. The summed E-state index contributed by atoms with van der Waals surface area (Å²) < 4.78 is 0. The normalized spacial score (nSPS) is 12.1. The molecule has 0 heterocycles. The summed E-state index contributed by atoms with van der Waals surface area (Å²) in [4.78, 5) is 61.5. The highest BCUT2D eigenvalue weighted by Crippen LogP contribution is 1.99. The molecule has 158 valence electrons. The third kappa shape index (κ3) is 11.3. The molecule has 0 aliphatic carbocycles. The van der Waals surface area contributed by atoms with Crippen LogP contribution in [0.2, 0.25) is 0 Å². The van der Waals surface area contributed by atoms with Crippen molar-refractivity contribution in [3.05, 3.63) is 0 Å². The van der Waals surface area contributed by atoms with Gasteiger partial charge in [-0.3, -0.25) is 29.0 Å². The Morgan fingerprint density at radius 2 is 1.68 bits per heavy atom. The molecule has 0 spiro atoms. The minimum Gasteiger partial charge on any atom is -0.481 e. The molecule has 2 atom stereocenters. The van der Waals surface area contributed by atoms with Gasteiger partial charge >= 0.3 is 5.97 Å². The molecule has 0 aromatic carbocycles. The lowest BCUT2D eigenvalue weighted by molar-refractivity contribution is -0.140. The van der Waals surface area contributed by atoms with Gasteiger partial charge in [0.15, 0.2) is 5.96 Å². The maximum absolute atomic E-state index is 12.2. The maximum Gasteiger partial charge on any atom is 0.305 e. The number of rotatable bonds is 12. The van der Waals surface area contributed by atoms with Crippen LogP contribution >= 0.6 is 0 Å². The van der Waals surface area contributed by atoms with E-state index in [-0.39, 0.29) is 18.9 Å². The van der Waals surface area contributed by atoms with Crippen LogP contribution in [0.1, 0.15) is 26.2 Å². The van der Waals surface area contributed by atoms with Gasteiger partial charge in [0.25, 0.3) is 0 Å². The van der Waals surface area contributed by atoms with E-state index >= 15 is 0 Å². The number of aliphatic imine (C=N–C) groups is 1. The van der Waals surface area contributed by atoms with Crippen LogP contribution in [0.25, 0.3) is 0 Å². The number of hydrogen-bond acceptors (Lipinski definition) is 6. The molecule has 0 aromatic heterocycles. The van der Waals surface area contributed by atoms with E-state index < -0.39 is 54.6 Å². The van der Waals surface area contributed by atoms with Crippen molar-refractivity contribution < 1.29 is 29.1 Å². The second-order valence-electron chi connectivity index (χ2n) is 5.75. The minimum absolute atomic E-state index is 0.0933. The van der Waals surface area contributed by atoms with Crippen LogP contribution in [0.15, 0.2) is 4.99 Å². The van der Waals surface area contributed by atoms with E-state index in [2.05, 4.69) is 26.3 Å². The Labute approximate surface area is 161 Å². The number of carboxylic acid groups (broad SMARTS) is 1.